The van der Waals surface area contributed by atoms with Crippen LogP contribution in [0.1, 0.15) is 23.7 Å². The van der Waals surface area contributed by atoms with Crippen molar-refractivity contribution in [3.63, 3.8) is 0 Å². The molecule has 3 nitrogen and oxygen atoms in total. The molecule has 0 unspecified atom stereocenters. The van der Waals surface area contributed by atoms with Crippen LogP contribution in [-0.2, 0) is 0 Å². The fourth-order valence-electron chi connectivity index (χ4n) is 1.05. The first kappa shape index (κ1) is 10.5. The van der Waals surface area contributed by atoms with Gasteiger partial charge >= 0.3 is 0 Å². The van der Waals surface area contributed by atoms with Crippen LogP contribution < -0.4 is 11.1 Å². The first-order valence-electron chi connectivity index (χ1n) is 4.48. The molecule has 0 radical (unpaired) electrons. The molecule has 0 aliphatic carbocycles. The summed E-state index contributed by atoms with van der Waals surface area (Å²) in [4.78, 5) is 11.3. The molecule has 3 N–H and O–H groups in total. The summed E-state index contributed by atoms with van der Waals surface area (Å²) in [6.07, 6.45) is 0.822. The van der Waals surface area contributed by atoms with Gasteiger partial charge in [-0.2, -0.15) is 0 Å². The molecule has 0 aliphatic rings. The van der Waals surface area contributed by atoms with Crippen LogP contribution in [0.5, 0.6) is 0 Å². The molecular weight excluding hydrogens is 183 g/mol. The van der Waals surface area contributed by atoms with E-state index >= 15 is 0 Å². The summed E-state index contributed by atoms with van der Waals surface area (Å²) in [6, 6.07) is 4.03. The van der Waals surface area contributed by atoms with Crippen LogP contribution in [0.4, 0.5) is 10.1 Å². The summed E-state index contributed by atoms with van der Waals surface area (Å²) in [5.41, 5.74) is 5.71. The Bertz CT molecular complexity index is 339. The van der Waals surface area contributed by atoms with Crippen molar-refractivity contribution in [1.82, 2.24) is 5.32 Å². The highest BCUT2D eigenvalue weighted by Gasteiger charge is 2.10. The van der Waals surface area contributed by atoms with Crippen molar-refractivity contribution in [1.29, 1.82) is 0 Å². The van der Waals surface area contributed by atoms with Crippen molar-refractivity contribution >= 4 is 11.6 Å². The summed E-state index contributed by atoms with van der Waals surface area (Å²) in [6.45, 7) is 2.47. The number of anilines is 1. The van der Waals surface area contributed by atoms with Gasteiger partial charge in [0.1, 0.15) is 5.82 Å². The van der Waals surface area contributed by atoms with Gasteiger partial charge in [-0.3, -0.25) is 4.79 Å². The van der Waals surface area contributed by atoms with Gasteiger partial charge in [-0.25, -0.2) is 4.39 Å². The Balaban J connectivity index is 2.80. The van der Waals surface area contributed by atoms with Gasteiger partial charge in [0.05, 0.1) is 5.56 Å². The minimum absolute atomic E-state index is 0.0349. The molecule has 0 bridgehead atoms. The van der Waals surface area contributed by atoms with Gasteiger partial charge < -0.3 is 11.1 Å². The number of halogens is 1. The maximum absolute atomic E-state index is 13.2. The van der Waals surface area contributed by atoms with Crippen LogP contribution in [0.3, 0.4) is 0 Å². The highest BCUT2D eigenvalue weighted by atomic mass is 19.1. The van der Waals surface area contributed by atoms with Crippen LogP contribution in [-0.4, -0.2) is 12.5 Å². The molecule has 0 aromatic heterocycles. The van der Waals surface area contributed by atoms with E-state index in [0.29, 0.717) is 12.2 Å². The predicted molar refractivity (Wildman–Crippen MR) is 53.4 cm³/mol. The molecule has 4 heteroatoms. The number of carbonyl (C=O) groups excluding carboxylic acids is 1. The highest BCUT2D eigenvalue weighted by Crippen LogP contribution is 2.11. The van der Waals surface area contributed by atoms with Crippen LogP contribution in [0, 0.1) is 5.82 Å². The third-order valence-corrected chi connectivity index (χ3v) is 1.77. The standard InChI is InChI=1S/C10H13FN2O/c1-2-5-13-10(14)8-4-3-7(12)6-9(8)11/h3-4,6H,2,5,12H2,1H3,(H,13,14). The van der Waals surface area contributed by atoms with E-state index in [1.807, 2.05) is 6.92 Å². The Morgan fingerprint density at radius 3 is 2.86 bits per heavy atom. The zero-order valence-corrected chi connectivity index (χ0v) is 8.01. The average Bonchev–Trinajstić information content (AvgIpc) is 2.14. The molecule has 76 valence electrons. The molecule has 0 saturated heterocycles. The quantitative estimate of drug-likeness (QED) is 0.720. The van der Waals surface area contributed by atoms with Crippen LogP contribution in [0.2, 0.25) is 0 Å². The Kier molecular flexibility index (Phi) is 3.45. The zero-order chi connectivity index (χ0) is 10.6. The maximum Gasteiger partial charge on any atom is 0.254 e. The minimum Gasteiger partial charge on any atom is -0.399 e. The lowest BCUT2D eigenvalue weighted by Crippen LogP contribution is -2.24. The second-order valence-electron chi connectivity index (χ2n) is 3.00. The summed E-state index contributed by atoms with van der Waals surface area (Å²) < 4.78 is 13.2. The molecular formula is C10H13FN2O. The van der Waals surface area contributed by atoms with Crippen molar-refractivity contribution in [2.24, 2.45) is 0 Å². The first-order chi connectivity index (χ1) is 6.65. The number of amides is 1. The lowest BCUT2D eigenvalue weighted by atomic mass is 10.2. The predicted octanol–water partition coefficient (Wildman–Crippen LogP) is 1.55. The van der Waals surface area contributed by atoms with Gasteiger partial charge in [0.25, 0.3) is 5.91 Å². The smallest absolute Gasteiger partial charge is 0.254 e. The van der Waals surface area contributed by atoms with E-state index in [4.69, 9.17) is 5.73 Å². The first-order valence-corrected chi connectivity index (χ1v) is 4.48. The number of carbonyl (C=O) groups is 1. The molecule has 0 atom stereocenters. The van der Waals surface area contributed by atoms with E-state index in [2.05, 4.69) is 5.32 Å². The minimum atomic E-state index is -0.585. The number of nitrogen functional groups attached to an aromatic ring is 1. The molecule has 1 rings (SSSR count). The molecule has 0 fully saturated rings. The largest absolute Gasteiger partial charge is 0.399 e. The second-order valence-corrected chi connectivity index (χ2v) is 3.00. The fraction of sp³-hybridized carbons (Fsp3) is 0.300. The van der Waals surface area contributed by atoms with Gasteiger partial charge in [-0.05, 0) is 24.6 Å². The topological polar surface area (TPSA) is 55.1 Å². The van der Waals surface area contributed by atoms with E-state index in [0.717, 1.165) is 12.5 Å². The fourth-order valence-corrected chi connectivity index (χ4v) is 1.05. The number of hydrogen-bond acceptors (Lipinski definition) is 2. The van der Waals surface area contributed by atoms with E-state index in [-0.39, 0.29) is 5.56 Å². The van der Waals surface area contributed by atoms with Gasteiger partial charge in [0.2, 0.25) is 0 Å². The summed E-state index contributed by atoms with van der Waals surface area (Å²) in [5.74, 6) is -0.983. The van der Waals surface area contributed by atoms with Crippen molar-refractivity contribution < 1.29 is 9.18 Å². The Labute approximate surface area is 82.1 Å². The molecule has 1 amide bonds. The van der Waals surface area contributed by atoms with Crippen molar-refractivity contribution in [3.8, 4) is 0 Å². The molecule has 0 heterocycles. The number of rotatable bonds is 3. The maximum atomic E-state index is 13.2. The van der Waals surface area contributed by atoms with E-state index in [1.54, 1.807) is 0 Å². The Morgan fingerprint density at radius 1 is 1.57 bits per heavy atom. The lowest BCUT2D eigenvalue weighted by Gasteiger charge is -2.04. The Hall–Kier alpha value is -1.58. The van der Waals surface area contributed by atoms with E-state index in [1.165, 1.54) is 12.1 Å². The Morgan fingerprint density at radius 2 is 2.29 bits per heavy atom. The molecule has 1 aromatic carbocycles. The molecule has 14 heavy (non-hydrogen) atoms. The SMILES string of the molecule is CCCNC(=O)c1ccc(N)cc1F. The van der Waals surface area contributed by atoms with E-state index < -0.39 is 11.7 Å². The molecule has 0 aliphatic heterocycles. The second kappa shape index (κ2) is 4.60. The zero-order valence-electron chi connectivity index (χ0n) is 8.01. The van der Waals surface area contributed by atoms with Gasteiger partial charge in [0.15, 0.2) is 0 Å². The molecule has 0 spiro atoms. The van der Waals surface area contributed by atoms with Crippen molar-refractivity contribution in [2.45, 2.75) is 13.3 Å². The van der Waals surface area contributed by atoms with Crippen LogP contribution in [0.25, 0.3) is 0 Å². The number of nitrogens with two attached hydrogens (primary N) is 1. The summed E-state index contributed by atoms with van der Waals surface area (Å²) >= 11 is 0. The van der Waals surface area contributed by atoms with Gasteiger partial charge in [0, 0.05) is 12.2 Å². The monoisotopic (exact) mass is 196 g/mol. The lowest BCUT2D eigenvalue weighted by molar-refractivity contribution is 0.0949. The summed E-state index contributed by atoms with van der Waals surface area (Å²) in [5, 5.41) is 2.59. The van der Waals surface area contributed by atoms with Gasteiger partial charge in [-0.15, -0.1) is 0 Å². The van der Waals surface area contributed by atoms with Crippen molar-refractivity contribution in [3.05, 3.63) is 29.6 Å². The van der Waals surface area contributed by atoms with Crippen molar-refractivity contribution in [2.75, 3.05) is 12.3 Å². The molecule has 0 saturated carbocycles. The van der Waals surface area contributed by atoms with Crippen LogP contribution >= 0.6 is 0 Å². The average molecular weight is 196 g/mol. The van der Waals surface area contributed by atoms with Crippen LogP contribution in [0.15, 0.2) is 18.2 Å². The van der Waals surface area contributed by atoms with Gasteiger partial charge in [-0.1, -0.05) is 6.92 Å². The highest BCUT2D eigenvalue weighted by molar-refractivity contribution is 5.94. The third kappa shape index (κ3) is 2.45. The van der Waals surface area contributed by atoms with E-state index in [9.17, 15) is 9.18 Å². The molecule has 1 aromatic rings. The number of nitrogens with one attached hydrogen (secondary N) is 1. The normalized spacial score (nSPS) is 9.86. The summed E-state index contributed by atoms with van der Waals surface area (Å²) in [7, 11) is 0. The third-order valence-electron chi connectivity index (χ3n) is 1.77. The number of benzene rings is 1. The number of hydrogen-bond donors (Lipinski definition) is 2.